The van der Waals surface area contributed by atoms with Crippen molar-refractivity contribution >= 4 is 11.8 Å². The minimum atomic E-state index is 0.151. The number of hydrogen-bond donors (Lipinski definition) is 0. The van der Waals surface area contributed by atoms with Gasteiger partial charge in [-0.3, -0.25) is 9.59 Å². The lowest BCUT2D eigenvalue weighted by Crippen LogP contribution is -2.50. The Labute approximate surface area is 134 Å². The molecule has 4 heteroatoms. The molecule has 1 saturated carbocycles. The summed E-state index contributed by atoms with van der Waals surface area (Å²) < 4.78 is 0. The highest BCUT2D eigenvalue weighted by atomic mass is 16.2. The number of hydrogen-bond acceptors (Lipinski definition) is 2. The standard InChI is InChI=1S/C18H30N2O2/c1-2-16-8-3-4-11-20(16)18(22)15-9-12-19(13-10-15)17(21)14-6-5-7-14/h14-16H,2-13H2,1H3. The SMILES string of the molecule is CCC1CCCCN1C(=O)C1CCN(C(=O)C2CCC2)CC1. The van der Waals surface area contributed by atoms with Gasteiger partial charge in [0.25, 0.3) is 0 Å². The summed E-state index contributed by atoms with van der Waals surface area (Å²) in [6, 6.07) is 0.455. The van der Waals surface area contributed by atoms with Gasteiger partial charge >= 0.3 is 0 Å². The van der Waals surface area contributed by atoms with Crippen molar-refractivity contribution in [3.8, 4) is 0 Å². The van der Waals surface area contributed by atoms with Crippen LogP contribution in [0.4, 0.5) is 0 Å². The highest BCUT2D eigenvalue weighted by molar-refractivity contribution is 5.81. The summed E-state index contributed by atoms with van der Waals surface area (Å²) in [4.78, 5) is 29.3. The summed E-state index contributed by atoms with van der Waals surface area (Å²) in [5, 5.41) is 0. The van der Waals surface area contributed by atoms with Crippen LogP contribution in [-0.4, -0.2) is 47.3 Å². The first kappa shape index (κ1) is 15.8. The number of piperidine rings is 2. The first-order valence-electron chi connectivity index (χ1n) is 9.30. The normalized spacial score (nSPS) is 27.6. The third-order valence-electron chi connectivity index (χ3n) is 5.99. The number of likely N-dealkylation sites (tertiary alicyclic amines) is 2. The summed E-state index contributed by atoms with van der Waals surface area (Å²) in [5.74, 6) is 1.15. The van der Waals surface area contributed by atoms with E-state index in [1.165, 1.54) is 19.3 Å². The summed E-state index contributed by atoms with van der Waals surface area (Å²) in [6.07, 6.45) is 9.74. The van der Waals surface area contributed by atoms with Crippen molar-refractivity contribution in [3.05, 3.63) is 0 Å². The molecule has 0 N–H and O–H groups in total. The van der Waals surface area contributed by atoms with Crippen LogP contribution in [0.2, 0.25) is 0 Å². The monoisotopic (exact) mass is 306 g/mol. The molecular weight excluding hydrogens is 276 g/mol. The van der Waals surface area contributed by atoms with Gasteiger partial charge in [-0.15, -0.1) is 0 Å². The van der Waals surface area contributed by atoms with Crippen LogP contribution in [0.15, 0.2) is 0 Å². The van der Waals surface area contributed by atoms with Crippen LogP contribution in [0.1, 0.15) is 64.7 Å². The number of carbonyl (C=O) groups excluding carboxylic acids is 2. The van der Waals surface area contributed by atoms with E-state index in [1.54, 1.807) is 0 Å². The molecule has 3 fully saturated rings. The van der Waals surface area contributed by atoms with E-state index in [4.69, 9.17) is 0 Å². The topological polar surface area (TPSA) is 40.6 Å². The van der Waals surface area contributed by atoms with Crippen molar-refractivity contribution in [2.45, 2.75) is 70.8 Å². The molecule has 4 nitrogen and oxygen atoms in total. The van der Waals surface area contributed by atoms with Crippen molar-refractivity contribution in [1.29, 1.82) is 0 Å². The lowest BCUT2D eigenvalue weighted by molar-refractivity contribution is -0.146. The molecule has 0 bridgehead atoms. The minimum absolute atomic E-state index is 0.151. The molecule has 1 atom stereocenters. The fraction of sp³-hybridized carbons (Fsp3) is 0.889. The molecule has 124 valence electrons. The van der Waals surface area contributed by atoms with E-state index in [-0.39, 0.29) is 5.92 Å². The molecule has 0 aromatic carbocycles. The van der Waals surface area contributed by atoms with Gasteiger partial charge in [-0.05, 0) is 51.4 Å². The average molecular weight is 306 g/mol. The Bertz CT molecular complexity index is 411. The fourth-order valence-electron chi connectivity index (χ4n) is 4.21. The van der Waals surface area contributed by atoms with Crippen molar-refractivity contribution in [2.24, 2.45) is 11.8 Å². The predicted molar refractivity (Wildman–Crippen MR) is 86.3 cm³/mol. The highest BCUT2D eigenvalue weighted by Gasteiger charge is 2.36. The van der Waals surface area contributed by atoms with Gasteiger partial charge in [-0.25, -0.2) is 0 Å². The van der Waals surface area contributed by atoms with Gasteiger partial charge in [-0.2, -0.15) is 0 Å². The summed E-state index contributed by atoms with van der Waals surface area (Å²) in [5.41, 5.74) is 0. The Morgan fingerprint density at radius 1 is 0.818 bits per heavy atom. The van der Waals surface area contributed by atoms with Gasteiger partial charge in [0.1, 0.15) is 0 Å². The van der Waals surface area contributed by atoms with E-state index < -0.39 is 0 Å². The van der Waals surface area contributed by atoms with Crippen LogP contribution in [0.25, 0.3) is 0 Å². The van der Waals surface area contributed by atoms with Crippen molar-refractivity contribution in [3.63, 3.8) is 0 Å². The van der Waals surface area contributed by atoms with E-state index in [0.717, 1.165) is 58.2 Å². The fourth-order valence-corrected chi connectivity index (χ4v) is 4.21. The predicted octanol–water partition coefficient (Wildman–Crippen LogP) is 2.82. The quantitative estimate of drug-likeness (QED) is 0.804. The second kappa shape index (κ2) is 7.01. The molecular formula is C18H30N2O2. The number of amides is 2. The zero-order valence-corrected chi connectivity index (χ0v) is 13.9. The average Bonchev–Trinajstić information content (AvgIpc) is 2.52. The third kappa shape index (κ3) is 3.16. The maximum absolute atomic E-state index is 12.8. The van der Waals surface area contributed by atoms with E-state index in [2.05, 4.69) is 11.8 Å². The van der Waals surface area contributed by atoms with E-state index in [1.807, 2.05) is 4.90 Å². The van der Waals surface area contributed by atoms with Crippen molar-refractivity contribution in [2.75, 3.05) is 19.6 Å². The maximum Gasteiger partial charge on any atom is 0.226 e. The summed E-state index contributed by atoms with van der Waals surface area (Å²) in [7, 11) is 0. The molecule has 2 amide bonds. The van der Waals surface area contributed by atoms with Gasteiger partial charge in [-0.1, -0.05) is 13.3 Å². The van der Waals surface area contributed by atoms with Gasteiger partial charge < -0.3 is 9.80 Å². The zero-order chi connectivity index (χ0) is 15.5. The molecule has 1 unspecified atom stereocenters. The molecule has 3 aliphatic rings. The van der Waals surface area contributed by atoms with Gasteiger partial charge in [0, 0.05) is 37.5 Å². The molecule has 2 saturated heterocycles. The second-order valence-corrected chi connectivity index (χ2v) is 7.32. The van der Waals surface area contributed by atoms with Crippen molar-refractivity contribution in [1.82, 2.24) is 9.80 Å². The number of nitrogens with zero attached hydrogens (tertiary/aromatic N) is 2. The Morgan fingerprint density at radius 2 is 1.50 bits per heavy atom. The second-order valence-electron chi connectivity index (χ2n) is 7.32. The highest BCUT2D eigenvalue weighted by Crippen LogP contribution is 2.31. The van der Waals surface area contributed by atoms with Crippen LogP contribution in [0.3, 0.4) is 0 Å². The first-order valence-corrected chi connectivity index (χ1v) is 9.30. The molecule has 2 aliphatic heterocycles. The van der Waals surface area contributed by atoms with E-state index in [9.17, 15) is 9.59 Å². The molecule has 3 rings (SSSR count). The smallest absolute Gasteiger partial charge is 0.226 e. The van der Waals surface area contributed by atoms with E-state index >= 15 is 0 Å². The lowest BCUT2D eigenvalue weighted by Gasteiger charge is -2.40. The van der Waals surface area contributed by atoms with E-state index in [0.29, 0.717) is 23.8 Å². The van der Waals surface area contributed by atoms with Crippen molar-refractivity contribution < 1.29 is 9.59 Å². The van der Waals surface area contributed by atoms with Crippen LogP contribution in [0.5, 0.6) is 0 Å². The number of carbonyl (C=O) groups is 2. The summed E-state index contributed by atoms with van der Waals surface area (Å²) >= 11 is 0. The maximum atomic E-state index is 12.8. The Kier molecular flexibility index (Phi) is 5.04. The molecule has 0 spiro atoms. The molecule has 22 heavy (non-hydrogen) atoms. The third-order valence-corrected chi connectivity index (χ3v) is 5.99. The van der Waals surface area contributed by atoms with Gasteiger partial charge in [0.05, 0.1) is 0 Å². The molecule has 2 heterocycles. The van der Waals surface area contributed by atoms with Gasteiger partial charge in [0.15, 0.2) is 0 Å². The largest absolute Gasteiger partial charge is 0.342 e. The zero-order valence-electron chi connectivity index (χ0n) is 13.9. The number of rotatable bonds is 3. The lowest BCUT2D eigenvalue weighted by atomic mass is 9.83. The van der Waals surface area contributed by atoms with Crippen LogP contribution >= 0.6 is 0 Å². The van der Waals surface area contributed by atoms with Gasteiger partial charge in [0.2, 0.25) is 11.8 Å². The first-order chi connectivity index (χ1) is 10.7. The van der Waals surface area contributed by atoms with Crippen LogP contribution in [-0.2, 0) is 9.59 Å². The minimum Gasteiger partial charge on any atom is -0.342 e. The van der Waals surface area contributed by atoms with Crippen LogP contribution in [0, 0.1) is 11.8 Å². The molecule has 0 aromatic heterocycles. The van der Waals surface area contributed by atoms with Crippen LogP contribution < -0.4 is 0 Å². The summed E-state index contributed by atoms with van der Waals surface area (Å²) in [6.45, 7) is 4.71. The Morgan fingerprint density at radius 3 is 2.09 bits per heavy atom. The Hall–Kier alpha value is -1.06. The molecule has 0 radical (unpaired) electrons. The Balaban J connectivity index is 1.51. The molecule has 0 aromatic rings. The molecule has 1 aliphatic carbocycles.